The van der Waals surface area contributed by atoms with Crippen molar-refractivity contribution in [3.8, 4) is 0 Å². The van der Waals surface area contributed by atoms with Crippen LogP contribution in [0.2, 0.25) is 0 Å². The van der Waals surface area contributed by atoms with Crippen molar-refractivity contribution < 1.29 is 13.2 Å². The molecule has 0 unspecified atom stereocenters. The molecule has 0 N–H and O–H groups in total. The number of fused-ring (bicyclic) bond motifs is 1. The number of carbonyl (C=O) groups is 1. The summed E-state index contributed by atoms with van der Waals surface area (Å²) >= 11 is 1.46. The summed E-state index contributed by atoms with van der Waals surface area (Å²) in [7, 11) is -3.42. The zero-order valence-corrected chi connectivity index (χ0v) is 20.1. The summed E-state index contributed by atoms with van der Waals surface area (Å²) in [5, 5.41) is 0.597. The van der Waals surface area contributed by atoms with Gasteiger partial charge in [-0.2, -0.15) is 0 Å². The van der Waals surface area contributed by atoms with Crippen molar-refractivity contribution in [2.24, 2.45) is 0 Å². The van der Waals surface area contributed by atoms with Gasteiger partial charge in [0.05, 0.1) is 28.3 Å². The van der Waals surface area contributed by atoms with E-state index >= 15 is 0 Å². The molecule has 0 spiro atoms. The Labute approximate surface area is 198 Å². The first kappa shape index (κ1) is 23.1. The van der Waals surface area contributed by atoms with E-state index in [2.05, 4.69) is 6.92 Å². The van der Waals surface area contributed by atoms with Crippen LogP contribution in [0.5, 0.6) is 0 Å². The average Bonchev–Trinajstić information content (AvgIpc) is 3.26. The highest BCUT2D eigenvalue weighted by atomic mass is 32.2. The maximum atomic E-state index is 13.3. The van der Waals surface area contributed by atoms with Crippen LogP contribution in [0.25, 0.3) is 10.2 Å². The molecular weight excluding hydrogens is 452 g/mol. The van der Waals surface area contributed by atoms with E-state index in [4.69, 9.17) is 4.98 Å². The Kier molecular flexibility index (Phi) is 7.20. The number of rotatable bonds is 9. The first-order chi connectivity index (χ1) is 15.9. The van der Waals surface area contributed by atoms with E-state index in [-0.39, 0.29) is 23.8 Å². The first-order valence-corrected chi connectivity index (χ1v) is 13.6. The van der Waals surface area contributed by atoms with Crippen molar-refractivity contribution in [1.29, 1.82) is 0 Å². The maximum absolute atomic E-state index is 13.3. The molecule has 0 aliphatic rings. The zero-order valence-electron chi connectivity index (χ0n) is 18.5. The number of amides is 1. The molecule has 170 valence electrons. The molecule has 0 atom stereocenters. The number of hydrogen-bond acceptors (Lipinski definition) is 5. The highest BCUT2D eigenvalue weighted by Gasteiger charge is 2.23. The molecule has 33 heavy (non-hydrogen) atoms. The van der Waals surface area contributed by atoms with Gasteiger partial charge in [0.25, 0.3) is 0 Å². The Hall–Kier alpha value is -3.03. The van der Waals surface area contributed by atoms with Gasteiger partial charge in [0, 0.05) is 6.42 Å². The minimum atomic E-state index is -3.42. The summed E-state index contributed by atoms with van der Waals surface area (Å²) in [4.78, 5) is 19.7. The molecule has 0 saturated heterocycles. The molecule has 1 heterocycles. The topological polar surface area (TPSA) is 67.3 Å². The molecule has 0 saturated carbocycles. The van der Waals surface area contributed by atoms with Crippen LogP contribution < -0.4 is 4.90 Å². The number of sulfone groups is 1. The molecule has 5 nitrogen and oxygen atoms in total. The van der Waals surface area contributed by atoms with E-state index in [9.17, 15) is 13.2 Å². The Bertz CT molecular complexity index is 1330. The lowest BCUT2D eigenvalue weighted by atomic mass is 10.1. The van der Waals surface area contributed by atoms with Crippen LogP contribution in [0, 0.1) is 0 Å². The highest BCUT2D eigenvalue weighted by Crippen LogP contribution is 2.32. The number of aryl methyl sites for hydroxylation is 1. The quantitative estimate of drug-likeness (QED) is 0.323. The summed E-state index contributed by atoms with van der Waals surface area (Å²) in [5.74, 6) is -0.509. The number of thiazole rings is 1. The minimum absolute atomic E-state index is 0.0686. The monoisotopic (exact) mass is 478 g/mol. The van der Waals surface area contributed by atoms with Gasteiger partial charge in [0.15, 0.2) is 15.0 Å². The lowest BCUT2D eigenvalue weighted by molar-refractivity contribution is -0.118. The molecule has 1 amide bonds. The van der Waals surface area contributed by atoms with Crippen LogP contribution in [0.3, 0.4) is 0 Å². The SMILES string of the molecule is CCc1cccc2sc(N(Cc3ccccc3)C(=O)CCS(=O)(=O)Cc3ccccc3)nc12. The van der Waals surface area contributed by atoms with E-state index in [0.29, 0.717) is 11.7 Å². The zero-order chi connectivity index (χ0) is 23.3. The number of benzene rings is 3. The van der Waals surface area contributed by atoms with Crippen LogP contribution in [-0.4, -0.2) is 25.1 Å². The summed E-state index contributed by atoms with van der Waals surface area (Å²) in [6.45, 7) is 2.43. The van der Waals surface area contributed by atoms with Gasteiger partial charge in [0.2, 0.25) is 5.91 Å². The van der Waals surface area contributed by atoms with Gasteiger partial charge in [0.1, 0.15) is 0 Å². The molecular formula is C26H26N2O3S2. The smallest absolute Gasteiger partial charge is 0.230 e. The van der Waals surface area contributed by atoms with Crippen LogP contribution in [-0.2, 0) is 33.4 Å². The van der Waals surface area contributed by atoms with Gasteiger partial charge < -0.3 is 0 Å². The molecule has 4 aromatic rings. The third-order valence-electron chi connectivity index (χ3n) is 5.44. The second-order valence-corrected chi connectivity index (χ2v) is 11.1. The van der Waals surface area contributed by atoms with Crippen molar-refractivity contribution in [2.45, 2.75) is 32.1 Å². The maximum Gasteiger partial charge on any atom is 0.230 e. The van der Waals surface area contributed by atoms with Crippen molar-refractivity contribution in [2.75, 3.05) is 10.7 Å². The lowest BCUT2D eigenvalue weighted by Gasteiger charge is -2.20. The van der Waals surface area contributed by atoms with Crippen LogP contribution in [0.1, 0.15) is 30.0 Å². The Morgan fingerprint density at radius 3 is 2.24 bits per heavy atom. The van der Waals surface area contributed by atoms with Gasteiger partial charge in [-0.1, -0.05) is 91.1 Å². The number of hydrogen-bond donors (Lipinski definition) is 0. The standard InChI is InChI=1S/C26H26N2O3S2/c1-2-22-14-9-15-23-25(22)27-26(32-23)28(18-20-10-5-3-6-11-20)24(29)16-17-33(30,31)19-21-12-7-4-8-13-21/h3-15H,2,16-19H2,1H3. The van der Waals surface area contributed by atoms with Crippen LogP contribution >= 0.6 is 11.3 Å². The number of para-hydroxylation sites is 1. The molecule has 0 aliphatic heterocycles. The van der Waals surface area contributed by atoms with Crippen molar-refractivity contribution in [1.82, 2.24) is 4.98 Å². The van der Waals surface area contributed by atoms with E-state index in [1.807, 2.05) is 66.7 Å². The number of carbonyl (C=O) groups excluding carboxylic acids is 1. The van der Waals surface area contributed by atoms with Gasteiger partial charge in [-0.25, -0.2) is 13.4 Å². The number of anilines is 1. The number of nitrogens with zero attached hydrogens (tertiary/aromatic N) is 2. The van der Waals surface area contributed by atoms with Gasteiger partial charge >= 0.3 is 0 Å². The van der Waals surface area contributed by atoms with Gasteiger partial charge in [-0.05, 0) is 29.2 Å². The summed E-state index contributed by atoms with van der Waals surface area (Å²) in [6, 6.07) is 24.8. The van der Waals surface area contributed by atoms with Crippen molar-refractivity contribution in [3.63, 3.8) is 0 Å². The minimum Gasteiger partial charge on any atom is -0.284 e. The Balaban J connectivity index is 1.57. The third-order valence-corrected chi connectivity index (χ3v) is 8.09. The summed E-state index contributed by atoms with van der Waals surface area (Å²) in [5.41, 5.74) is 3.73. The number of aromatic nitrogens is 1. The molecule has 7 heteroatoms. The van der Waals surface area contributed by atoms with E-state index < -0.39 is 9.84 Å². The van der Waals surface area contributed by atoms with Gasteiger partial charge in [-0.3, -0.25) is 9.69 Å². The van der Waals surface area contributed by atoms with Crippen LogP contribution in [0.4, 0.5) is 5.13 Å². The fraction of sp³-hybridized carbons (Fsp3) is 0.231. The molecule has 1 aromatic heterocycles. The fourth-order valence-electron chi connectivity index (χ4n) is 3.70. The molecule has 0 radical (unpaired) electrons. The predicted molar refractivity (Wildman–Crippen MR) is 135 cm³/mol. The van der Waals surface area contributed by atoms with Crippen molar-refractivity contribution in [3.05, 3.63) is 95.6 Å². The molecule has 0 aliphatic carbocycles. The summed E-state index contributed by atoms with van der Waals surface area (Å²) < 4.78 is 26.3. The van der Waals surface area contributed by atoms with Crippen molar-refractivity contribution >= 4 is 42.4 Å². The first-order valence-electron chi connectivity index (χ1n) is 10.9. The normalized spacial score (nSPS) is 11.5. The second-order valence-electron chi connectivity index (χ2n) is 7.91. The largest absolute Gasteiger partial charge is 0.284 e. The molecule has 3 aromatic carbocycles. The van der Waals surface area contributed by atoms with Gasteiger partial charge in [-0.15, -0.1) is 0 Å². The molecule has 0 fully saturated rings. The molecule has 4 rings (SSSR count). The highest BCUT2D eigenvalue weighted by molar-refractivity contribution is 7.90. The average molecular weight is 479 g/mol. The Morgan fingerprint density at radius 1 is 0.909 bits per heavy atom. The fourth-order valence-corrected chi connectivity index (χ4v) is 6.06. The van der Waals surface area contributed by atoms with E-state index in [0.717, 1.165) is 33.3 Å². The molecule has 0 bridgehead atoms. The predicted octanol–water partition coefficient (Wildman–Crippen LogP) is 5.40. The second kappa shape index (κ2) is 10.3. The Morgan fingerprint density at radius 2 is 1.58 bits per heavy atom. The van der Waals surface area contributed by atoms with E-state index in [1.54, 1.807) is 17.0 Å². The summed E-state index contributed by atoms with van der Waals surface area (Å²) in [6.07, 6.45) is 0.767. The lowest BCUT2D eigenvalue weighted by Crippen LogP contribution is -2.31. The van der Waals surface area contributed by atoms with E-state index in [1.165, 1.54) is 11.3 Å². The van der Waals surface area contributed by atoms with Crippen LogP contribution in [0.15, 0.2) is 78.9 Å². The third kappa shape index (κ3) is 5.86.